The van der Waals surface area contributed by atoms with Gasteiger partial charge >= 0.3 is 0 Å². The number of hydrogen-bond donors (Lipinski definition) is 2. The Morgan fingerprint density at radius 3 is 2.55 bits per heavy atom. The second-order valence-corrected chi connectivity index (χ2v) is 4.66. The number of rotatable bonds is 4. The predicted molar refractivity (Wildman–Crippen MR) is 91.3 cm³/mol. The van der Waals surface area contributed by atoms with Crippen LogP contribution in [-0.2, 0) is 0 Å². The molecule has 7 heteroatoms. The van der Waals surface area contributed by atoms with Crippen LogP contribution >= 0.6 is 24.8 Å². The molecule has 0 aliphatic carbocycles. The highest BCUT2D eigenvalue weighted by atomic mass is 35.5. The van der Waals surface area contributed by atoms with E-state index in [1.807, 2.05) is 0 Å². The zero-order chi connectivity index (χ0) is 14.5. The standard InChI is InChI=1S/C15H19N3O2.2ClH/c1-3-12(18-8-6-17-7-9-18)14-11(10-16)4-5-13(20-2)15(14)19;;/h3-5,12,17,19H,1,6-9H2,2H3;2*1H/t12-;;/m0../s1. The number of piperazine rings is 1. The molecule has 5 nitrogen and oxygen atoms in total. The zero-order valence-corrected chi connectivity index (χ0v) is 14.0. The maximum absolute atomic E-state index is 10.4. The van der Waals surface area contributed by atoms with Gasteiger partial charge in [0.15, 0.2) is 11.5 Å². The van der Waals surface area contributed by atoms with Crippen molar-refractivity contribution in [2.24, 2.45) is 0 Å². The molecule has 1 atom stereocenters. The van der Waals surface area contributed by atoms with E-state index in [2.05, 4.69) is 22.9 Å². The summed E-state index contributed by atoms with van der Waals surface area (Å²) in [5.41, 5.74) is 1.02. The van der Waals surface area contributed by atoms with Gasteiger partial charge in [-0.05, 0) is 12.1 Å². The Kier molecular flexibility index (Phi) is 8.91. The van der Waals surface area contributed by atoms with Crippen LogP contribution in [0.2, 0.25) is 0 Å². The van der Waals surface area contributed by atoms with Crippen molar-refractivity contribution >= 4 is 24.8 Å². The molecule has 1 fully saturated rings. The Balaban J connectivity index is 0.00000220. The number of nitriles is 1. The fourth-order valence-electron chi connectivity index (χ4n) is 2.56. The largest absolute Gasteiger partial charge is 0.504 e. The van der Waals surface area contributed by atoms with Crippen molar-refractivity contribution in [1.82, 2.24) is 10.2 Å². The maximum atomic E-state index is 10.4. The third-order valence-electron chi connectivity index (χ3n) is 3.58. The molecule has 2 N–H and O–H groups in total. The lowest BCUT2D eigenvalue weighted by Gasteiger charge is -2.34. The summed E-state index contributed by atoms with van der Waals surface area (Å²) < 4.78 is 5.14. The molecule has 0 unspecified atom stereocenters. The first kappa shape index (κ1) is 20.6. The lowest BCUT2D eigenvalue weighted by Crippen LogP contribution is -2.44. The normalized spacial score (nSPS) is 15.6. The summed E-state index contributed by atoms with van der Waals surface area (Å²) in [6.45, 7) is 7.32. The van der Waals surface area contributed by atoms with E-state index in [9.17, 15) is 10.4 Å². The fourth-order valence-corrected chi connectivity index (χ4v) is 2.56. The number of benzene rings is 1. The lowest BCUT2D eigenvalue weighted by atomic mass is 9.97. The number of aromatic hydroxyl groups is 1. The number of ether oxygens (including phenoxy) is 1. The van der Waals surface area contributed by atoms with Crippen molar-refractivity contribution in [2.45, 2.75) is 6.04 Å². The molecule has 22 heavy (non-hydrogen) atoms. The van der Waals surface area contributed by atoms with E-state index in [1.165, 1.54) is 7.11 Å². The molecule has 1 heterocycles. The molecule has 0 radical (unpaired) electrons. The molecular weight excluding hydrogens is 325 g/mol. The van der Waals surface area contributed by atoms with Gasteiger partial charge in [0.05, 0.1) is 24.8 Å². The Morgan fingerprint density at radius 1 is 1.41 bits per heavy atom. The van der Waals surface area contributed by atoms with E-state index in [0.717, 1.165) is 26.2 Å². The smallest absolute Gasteiger partial charge is 0.164 e. The molecule has 1 aliphatic rings. The van der Waals surface area contributed by atoms with Gasteiger partial charge in [-0.2, -0.15) is 5.26 Å². The van der Waals surface area contributed by atoms with Crippen LogP contribution in [0.3, 0.4) is 0 Å². The quantitative estimate of drug-likeness (QED) is 0.819. The molecule has 1 aliphatic heterocycles. The van der Waals surface area contributed by atoms with Gasteiger partial charge in [0.25, 0.3) is 0 Å². The van der Waals surface area contributed by atoms with Crippen molar-refractivity contribution < 1.29 is 9.84 Å². The second kappa shape index (κ2) is 9.54. The van der Waals surface area contributed by atoms with Gasteiger partial charge in [-0.3, -0.25) is 4.90 Å². The van der Waals surface area contributed by atoms with E-state index >= 15 is 0 Å². The molecule has 122 valence electrons. The van der Waals surface area contributed by atoms with Gasteiger partial charge in [0.1, 0.15) is 0 Å². The van der Waals surface area contributed by atoms with Crippen molar-refractivity contribution in [2.75, 3.05) is 33.3 Å². The molecule has 2 rings (SSSR count). The van der Waals surface area contributed by atoms with Crippen LogP contribution in [0, 0.1) is 11.3 Å². The Morgan fingerprint density at radius 2 is 2.05 bits per heavy atom. The van der Waals surface area contributed by atoms with E-state index < -0.39 is 0 Å². The van der Waals surface area contributed by atoms with Gasteiger partial charge in [0, 0.05) is 31.7 Å². The minimum atomic E-state index is -0.193. The number of phenolic OH excluding ortho intramolecular Hbond substituents is 1. The predicted octanol–water partition coefficient (Wildman–Crippen LogP) is 2.25. The molecule has 1 saturated heterocycles. The topological polar surface area (TPSA) is 68.5 Å². The highest BCUT2D eigenvalue weighted by Gasteiger charge is 2.26. The monoisotopic (exact) mass is 345 g/mol. The molecule has 0 saturated carbocycles. The molecular formula is C15H21Cl2N3O2. The van der Waals surface area contributed by atoms with Gasteiger partial charge in [-0.1, -0.05) is 6.08 Å². The van der Waals surface area contributed by atoms with E-state index in [4.69, 9.17) is 4.74 Å². The van der Waals surface area contributed by atoms with E-state index in [1.54, 1.807) is 18.2 Å². The van der Waals surface area contributed by atoms with E-state index in [0.29, 0.717) is 16.9 Å². The molecule has 0 amide bonds. The highest BCUT2D eigenvalue weighted by Crippen LogP contribution is 2.39. The first-order chi connectivity index (χ1) is 9.72. The Hall–Kier alpha value is -1.45. The van der Waals surface area contributed by atoms with Crippen LogP contribution in [0.4, 0.5) is 0 Å². The number of halogens is 2. The van der Waals surface area contributed by atoms with Crippen LogP contribution in [0.25, 0.3) is 0 Å². The van der Waals surface area contributed by atoms with Gasteiger partial charge in [-0.15, -0.1) is 31.4 Å². The van der Waals surface area contributed by atoms with Crippen LogP contribution in [0.1, 0.15) is 17.2 Å². The first-order valence-electron chi connectivity index (χ1n) is 6.60. The molecule has 0 bridgehead atoms. The minimum absolute atomic E-state index is 0. The average Bonchev–Trinajstić information content (AvgIpc) is 2.50. The third-order valence-corrected chi connectivity index (χ3v) is 3.58. The molecule has 0 aromatic heterocycles. The van der Waals surface area contributed by atoms with Gasteiger partial charge < -0.3 is 15.2 Å². The lowest BCUT2D eigenvalue weighted by molar-refractivity contribution is 0.200. The van der Waals surface area contributed by atoms with Crippen molar-refractivity contribution in [3.05, 3.63) is 35.9 Å². The fraction of sp³-hybridized carbons (Fsp3) is 0.400. The number of nitrogens with one attached hydrogen (secondary N) is 1. The summed E-state index contributed by atoms with van der Waals surface area (Å²) in [7, 11) is 1.50. The minimum Gasteiger partial charge on any atom is -0.504 e. The van der Waals surface area contributed by atoms with E-state index in [-0.39, 0.29) is 36.6 Å². The number of nitrogens with zero attached hydrogens (tertiary/aromatic N) is 2. The third kappa shape index (κ3) is 4.05. The number of phenols is 1. The first-order valence-corrected chi connectivity index (χ1v) is 6.60. The summed E-state index contributed by atoms with van der Waals surface area (Å²) in [4.78, 5) is 2.19. The maximum Gasteiger partial charge on any atom is 0.164 e. The summed E-state index contributed by atoms with van der Waals surface area (Å²) >= 11 is 0. The van der Waals surface area contributed by atoms with Crippen LogP contribution in [0.15, 0.2) is 24.8 Å². The highest BCUT2D eigenvalue weighted by molar-refractivity contribution is 5.85. The summed E-state index contributed by atoms with van der Waals surface area (Å²) in [6.07, 6.45) is 1.76. The second-order valence-electron chi connectivity index (χ2n) is 4.66. The summed E-state index contributed by atoms with van der Waals surface area (Å²) in [6, 6.07) is 5.22. The summed E-state index contributed by atoms with van der Waals surface area (Å²) in [5, 5.41) is 22.9. The van der Waals surface area contributed by atoms with Crippen molar-refractivity contribution in [3.8, 4) is 17.6 Å². The zero-order valence-electron chi connectivity index (χ0n) is 12.4. The molecule has 1 aromatic rings. The number of hydrogen-bond acceptors (Lipinski definition) is 5. The van der Waals surface area contributed by atoms with Crippen LogP contribution in [0.5, 0.6) is 11.5 Å². The summed E-state index contributed by atoms with van der Waals surface area (Å²) in [5.74, 6) is 0.399. The Labute approximate surface area is 143 Å². The molecule has 0 spiro atoms. The SMILES string of the molecule is C=C[C@@H](c1c(C#N)ccc(OC)c1O)N1CCNCC1.Cl.Cl. The van der Waals surface area contributed by atoms with Crippen molar-refractivity contribution in [3.63, 3.8) is 0 Å². The average molecular weight is 346 g/mol. The van der Waals surface area contributed by atoms with Gasteiger partial charge in [0.2, 0.25) is 0 Å². The Bertz CT molecular complexity index is 540. The van der Waals surface area contributed by atoms with Crippen LogP contribution < -0.4 is 10.1 Å². The van der Waals surface area contributed by atoms with Gasteiger partial charge in [-0.25, -0.2) is 0 Å². The number of methoxy groups -OCH3 is 1. The van der Waals surface area contributed by atoms with Crippen molar-refractivity contribution in [1.29, 1.82) is 5.26 Å². The van der Waals surface area contributed by atoms with Crippen LogP contribution in [-0.4, -0.2) is 43.3 Å². The molecule has 1 aromatic carbocycles.